The number of para-hydroxylation sites is 1. The maximum atomic E-state index is 12.3. The van der Waals surface area contributed by atoms with Crippen LogP contribution in [-0.4, -0.2) is 18.7 Å². The van der Waals surface area contributed by atoms with Crippen molar-refractivity contribution in [3.05, 3.63) is 65.7 Å². The molecule has 0 heterocycles. The molecule has 0 bridgehead atoms. The summed E-state index contributed by atoms with van der Waals surface area (Å²) in [6, 6.07) is 17.4. The van der Waals surface area contributed by atoms with Crippen LogP contribution in [0.1, 0.15) is 54.4 Å². The second-order valence-corrected chi connectivity index (χ2v) is 6.44. The van der Waals surface area contributed by atoms with Crippen LogP contribution in [0.3, 0.4) is 0 Å². The van der Waals surface area contributed by atoms with Gasteiger partial charge in [0, 0.05) is 31.1 Å². The van der Waals surface area contributed by atoms with Gasteiger partial charge in [0.2, 0.25) is 5.91 Å². The van der Waals surface area contributed by atoms with E-state index in [0.717, 1.165) is 42.5 Å². The molecule has 2 aromatic rings. The van der Waals surface area contributed by atoms with Gasteiger partial charge in [-0.25, -0.2) is 0 Å². The topological polar surface area (TPSA) is 37.4 Å². The van der Waals surface area contributed by atoms with E-state index in [1.165, 1.54) is 0 Å². The number of unbranched alkanes of at least 4 members (excludes halogenated alkanes) is 3. The van der Waals surface area contributed by atoms with E-state index < -0.39 is 0 Å². The molecule has 2 rings (SSSR count). The summed E-state index contributed by atoms with van der Waals surface area (Å²) in [6.45, 7) is 2.02. The molecule has 0 radical (unpaired) electrons. The summed E-state index contributed by atoms with van der Waals surface area (Å²) in [5.41, 5.74) is 2.87. The zero-order valence-corrected chi connectivity index (χ0v) is 15.2. The SMILES string of the molecule is Cc1ccccc1N(C)C(=O)CCCCCCC(=O)c1ccccc1. The highest BCUT2D eigenvalue weighted by molar-refractivity contribution is 5.96. The Hall–Kier alpha value is -2.42. The second-order valence-electron chi connectivity index (χ2n) is 6.44. The van der Waals surface area contributed by atoms with Crippen molar-refractivity contribution in [3.8, 4) is 0 Å². The lowest BCUT2D eigenvalue weighted by Gasteiger charge is -2.19. The summed E-state index contributed by atoms with van der Waals surface area (Å²) in [4.78, 5) is 26.0. The highest BCUT2D eigenvalue weighted by Crippen LogP contribution is 2.19. The lowest BCUT2D eigenvalue weighted by Crippen LogP contribution is -2.26. The first-order valence-corrected chi connectivity index (χ1v) is 9.00. The predicted octanol–water partition coefficient (Wildman–Crippen LogP) is 5.18. The van der Waals surface area contributed by atoms with Gasteiger partial charge in [-0.3, -0.25) is 9.59 Å². The van der Waals surface area contributed by atoms with Gasteiger partial charge in [-0.05, 0) is 31.4 Å². The lowest BCUT2D eigenvalue weighted by molar-refractivity contribution is -0.118. The smallest absolute Gasteiger partial charge is 0.226 e. The summed E-state index contributed by atoms with van der Waals surface area (Å²) < 4.78 is 0. The van der Waals surface area contributed by atoms with E-state index >= 15 is 0 Å². The number of anilines is 1. The standard InChI is InChI=1S/C22H27NO2/c1-18-12-10-11-15-20(18)23(2)22(25)17-9-4-3-8-16-21(24)19-13-6-5-7-14-19/h5-7,10-15H,3-4,8-9,16-17H2,1-2H3. The van der Waals surface area contributed by atoms with Crippen molar-refractivity contribution in [3.63, 3.8) is 0 Å². The maximum absolute atomic E-state index is 12.3. The second kappa shape index (κ2) is 9.77. The minimum Gasteiger partial charge on any atom is -0.315 e. The van der Waals surface area contributed by atoms with E-state index in [2.05, 4.69) is 0 Å². The molecule has 0 spiro atoms. The molecule has 0 aliphatic heterocycles. The van der Waals surface area contributed by atoms with Crippen molar-refractivity contribution in [1.82, 2.24) is 0 Å². The number of carbonyl (C=O) groups excluding carboxylic acids is 2. The molecular weight excluding hydrogens is 310 g/mol. The van der Waals surface area contributed by atoms with E-state index in [1.54, 1.807) is 4.90 Å². The van der Waals surface area contributed by atoms with Crippen LogP contribution in [0.25, 0.3) is 0 Å². The molecular formula is C22H27NO2. The first kappa shape index (κ1) is 18.9. The quantitative estimate of drug-likeness (QED) is 0.467. The molecule has 0 fully saturated rings. The molecule has 0 saturated heterocycles. The molecule has 3 heteroatoms. The third-order valence-electron chi connectivity index (χ3n) is 4.49. The molecule has 0 unspecified atom stereocenters. The minimum atomic E-state index is 0.148. The van der Waals surface area contributed by atoms with Gasteiger partial charge in [0.05, 0.1) is 0 Å². The number of ketones is 1. The van der Waals surface area contributed by atoms with Gasteiger partial charge in [0.1, 0.15) is 0 Å². The van der Waals surface area contributed by atoms with Crippen LogP contribution < -0.4 is 4.90 Å². The van der Waals surface area contributed by atoms with Crippen LogP contribution in [-0.2, 0) is 4.79 Å². The van der Waals surface area contributed by atoms with Gasteiger partial charge in [-0.1, -0.05) is 61.4 Å². The largest absolute Gasteiger partial charge is 0.315 e. The number of carbonyl (C=O) groups is 2. The predicted molar refractivity (Wildman–Crippen MR) is 103 cm³/mol. The summed E-state index contributed by atoms with van der Waals surface area (Å²) >= 11 is 0. The van der Waals surface area contributed by atoms with Gasteiger partial charge in [-0.2, -0.15) is 0 Å². The van der Waals surface area contributed by atoms with Gasteiger partial charge < -0.3 is 4.90 Å². The molecule has 0 aliphatic rings. The summed E-state index contributed by atoms with van der Waals surface area (Å²) in [7, 11) is 1.84. The Morgan fingerprint density at radius 1 is 0.800 bits per heavy atom. The zero-order chi connectivity index (χ0) is 18.1. The molecule has 0 aliphatic carbocycles. The highest BCUT2D eigenvalue weighted by Gasteiger charge is 2.12. The lowest BCUT2D eigenvalue weighted by atomic mass is 10.0. The van der Waals surface area contributed by atoms with E-state index in [9.17, 15) is 9.59 Å². The molecule has 0 N–H and O–H groups in total. The van der Waals surface area contributed by atoms with Crippen LogP contribution in [0.2, 0.25) is 0 Å². The molecule has 0 aromatic heterocycles. The van der Waals surface area contributed by atoms with E-state index in [-0.39, 0.29) is 11.7 Å². The van der Waals surface area contributed by atoms with Crippen molar-refractivity contribution < 1.29 is 9.59 Å². The molecule has 0 saturated carbocycles. The summed E-state index contributed by atoms with van der Waals surface area (Å²) in [5, 5.41) is 0. The van der Waals surface area contributed by atoms with Crippen LogP contribution in [0.15, 0.2) is 54.6 Å². The van der Waals surface area contributed by atoms with Crippen molar-refractivity contribution in [2.75, 3.05) is 11.9 Å². The van der Waals surface area contributed by atoms with Gasteiger partial charge in [0.25, 0.3) is 0 Å². The average Bonchev–Trinajstić information content (AvgIpc) is 2.64. The first-order chi connectivity index (χ1) is 12.1. The van der Waals surface area contributed by atoms with E-state index in [0.29, 0.717) is 12.8 Å². The number of Topliss-reactive ketones (excluding diaryl/α,β-unsaturated/α-hetero) is 1. The number of benzene rings is 2. The minimum absolute atomic E-state index is 0.148. The highest BCUT2D eigenvalue weighted by atomic mass is 16.2. The van der Waals surface area contributed by atoms with Crippen LogP contribution in [0, 0.1) is 6.92 Å². The molecule has 25 heavy (non-hydrogen) atoms. The zero-order valence-electron chi connectivity index (χ0n) is 15.2. The van der Waals surface area contributed by atoms with Gasteiger partial charge >= 0.3 is 0 Å². The van der Waals surface area contributed by atoms with Crippen molar-refractivity contribution in [1.29, 1.82) is 0 Å². The fourth-order valence-corrected chi connectivity index (χ4v) is 2.93. The van der Waals surface area contributed by atoms with Crippen molar-refractivity contribution in [2.45, 2.75) is 45.4 Å². The van der Waals surface area contributed by atoms with Gasteiger partial charge in [-0.15, -0.1) is 0 Å². The van der Waals surface area contributed by atoms with Crippen molar-refractivity contribution in [2.24, 2.45) is 0 Å². The van der Waals surface area contributed by atoms with E-state index in [1.807, 2.05) is 68.6 Å². The number of amides is 1. The molecule has 0 atom stereocenters. The summed E-state index contributed by atoms with van der Waals surface area (Å²) in [5.74, 6) is 0.352. The Bertz CT molecular complexity index is 694. The molecule has 3 nitrogen and oxygen atoms in total. The van der Waals surface area contributed by atoms with Crippen molar-refractivity contribution >= 4 is 17.4 Å². The van der Waals surface area contributed by atoms with Crippen LogP contribution in [0.4, 0.5) is 5.69 Å². The van der Waals surface area contributed by atoms with Gasteiger partial charge in [0.15, 0.2) is 5.78 Å². The fraction of sp³-hybridized carbons (Fsp3) is 0.364. The molecule has 2 aromatic carbocycles. The first-order valence-electron chi connectivity index (χ1n) is 9.00. The third kappa shape index (κ3) is 5.86. The average molecular weight is 337 g/mol. The van der Waals surface area contributed by atoms with E-state index in [4.69, 9.17) is 0 Å². The Labute approximate surface area is 150 Å². The normalized spacial score (nSPS) is 10.5. The Morgan fingerprint density at radius 2 is 1.40 bits per heavy atom. The Kier molecular flexibility index (Phi) is 7.39. The number of nitrogens with zero attached hydrogens (tertiary/aromatic N) is 1. The monoisotopic (exact) mass is 337 g/mol. The number of aryl methyl sites for hydroxylation is 1. The molecule has 1 amide bonds. The van der Waals surface area contributed by atoms with Crippen LogP contribution >= 0.6 is 0 Å². The Morgan fingerprint density at radius 3 is 2.08 bits per heavy atom. The fourth-order valence-electron chi connectivity index (χ4n) is 2.93. The van der Waals surface area contributed by atoms with Crippen LogP contribution in [0.5, 0.6) is 0 Å². The number of rotatable bonds is 9. The number of hydrogen-bond donors (Lipinski definition) is 0. The molecule has 132 valence electrons. The number of hydrogen-bond acceptors (Lipinski definition) is 2. The Balaban J connectivity index is 1.63. The summed E-state index contributed by atoms with van der Waals surface area (Å²) in [6.07, 6.45) is 4.86. The third-order valence-corrected chi connectivity index (χ3v) is 4.49. The maximum Gasteiger partial charge on any atom is 0.226 e.